The smallest absolute Gasteiger partial charge is 0.337 e. The minimum atomic E-state index is -0.539. The van der Waals surface area contributed by atoms with Crippen LogP contribution in [-0.2, 0) is 9.53 Å². The lowest BCUT2D eigenvalue weighted by atomic mass is 9.86. The van der Waals surface area contributed by atoms with Crippen LogP contribution in [0.2, 0.25) is 0 Å². The topological polar surface area (TPSA) is 64.6 Å². The van der Waals surface area contributed by atoms with Gasteiger partial charge in [-0.3, -0.25) is 4.79 Å². The van der Waals surface area contributed by atoms with E-state index in [1.165, 1.54) is 7.11 Å². The van der Waals surface area contributed by atoms with Crippen LogP contribution in [0.1, 0.15) is 38.5 Å². The van der Waals surface area contributed by atoms with Gasteiger partial charge in [0.1, 0.15) is 11.7 Å². The van der Waals surface area contributed by atoms with Gasteiger partial charge in [-0.2, -0.15) is 0 Å². The van der Waals surface area contributed by atoms with Crippen LogP contribution < -0.4 is 10.1 Å². The molecule has 0 aromatic heterocycles. The summed E-state index contributed by atoms with van der Waals surface area (Å²) in [5, 5.41) is 3.38. The highest BCUT2D eigenvalue weighted by atomic mass is 16.5. The standard InChI is InChI=1S/C24H21NO4/c1-14-12-16(23(26)28-3)13-15(2)22(14)29-24(27)21-17-8-4-6-10-19(17)25-20-11-7-5-9-18(20)21/h4-13,21,25H,1-3H3. The quantitative estimate of drug-likeness (QED) is 0.512. The predicted octanol–water partition coefficient (Wildman–Crippen LogP) is 4.88. The van der Waals surface area contributed by atoms with Gasteiger partial charge in [-0.05, 0) is 60.4 Å². The molecule has 3 aromatic rings. The number of hydrogen-bond donors (Lipinski definition) is 1. The Labute approximate surface area is 169 Å². The fourth-order valence-corrected chi connectivity index (χ4v) is 3.80. The third-order valence-corrected chi connectivity index (χ3v) is 5.13. The Balaban J connectivity index is 1.72. The molecule has 0 bridgehead atoms. The van der Waals surface area contributed by atoms with E-state index >= 15 is 0 Å². The van der Waals surface area contributed by atoms with Crippen molar-refractivity contribution >= 4 is 23.3 Å². The molecule has 0 amide bonds. The summed E-state index contributed by atoms with van der Waals surface area (Å²) >= 11 is 0. The van der Waals surface area contributed by atoms with E-state index in [2.05, 4.69) is 5.32 Å². The van der Waals surface area contributed by atoms with Crippen molar-refractivity contribution < 1.29 is 19.1 Å². The Hall–Kier alpha value is -3.60. The number of benzene rings is 3. The van der Waals surface area contributed by atoms with Crippen molar-refractivity contribution in [3.8, 4) is 5.75 Å². The van der Waals surface area contributed by atoms with Crippen molar-refractivity contribution in [1.82, 2.24) is 0 Å². The summed E-state index contributed by atoms with van der Waals surface area (Å²) in [4.78, 5) is 25.2. The second kappa shape index (κ2) is 7.43. The molecule has 3 aromatic carbocycles. The number of fused-ring (bicyclic) bond motifs is 2. The van der Waals surface area contributed by atoms with Crippen LogP contribution in [-0.4, -0.2) is 19.0 Å². The molecule has 0 atom stereocenters. The van der Waals surface area contributed by atoms with E-state index in [4.69, 9.17) is 9.47 Å². The number of anilines is 2. The molecule has 0 fully saturated rings. The van der Waals surface area contributed by atoms with E-state index in [-0.39, 0.29) is 5.97 Å². The highest BCUT2D eigenvalue weighted by Crippen LogP contribution is 2.42. The van der Waals surface area contributed by atoms with Crippen LogP contribution >= 0.6 is 0 Å². The molecule has 5 nitrogen and oxygen atoms in total. The summed E-state index contributed by atoms with van der Waals surface area (Å²) in [6.07, 6.45) is 0. The number of esters is 2. The van der Waals surface area contributed by atoms with Gasteiger partial charge in [0.05, 0.1) is 12.7 Å². The van der Waals surface area contributed by atoms with Gasteiger partial charge in [0.15, 0.2) is 0 Å². The molecule has 0 saturated heterocycles. The zero-order valence-electron chi connectivity index (χ0n) is 16.5. The second-order valence-electron chi connectivity index (χ2n) is 7.08. The molecule has 29 heavy (non-hydrogen) atoms. The monoisotopic (exact) mass is 387 g/mol. The van der Waals surface area contributed by atoms with Gasteiger partial charge in [0.25, 0.3) is 0 Å². The van der Waals surface area contributed by atoms with Crippen molar-refractivity contribution in [3.05, 3.63) is 88.5 Å². The molecule has 5 heteroatoms. The lowest BCUT2D eigenvalue weighted by Crippen LogP contribution is -2.25. The minimum absolute atomic E-state index is 0.358. The summed E-state index contributed by atoms with van der Waals surface area (Å²) in [6, 6.07) is 18.8. The van der Waals surface area contributed by atoms with Gasteiger partial charge in [-0.1, -0.05) is 36.4 Å². The number of para-hydroxylation sites is 2. The summed E-state index contributed by atoms with van der Waals surface area (Å²) in [5.74, 6) is -0.849. The van der Waals surface area contributed by atoms with Gasteiger partial charge in [-0.15, -0.1) is 0 Å². The maximum Gasteiger partial charge on any atom is 0.337 e. The third kappa shape index (κ3) is 3.36. The van der Waals surface area contributed by atoms with Crippen LogP contribution in [0.25, 0.3) is 0 Å². The zero-order valence-corrected chi connectivity index (χ0v) is 16.5. The van der Waals surface area contributed by atoms with Crippen LogP contribution in [0, 0.1) is 13.8 Å². The van der Waals surface area contributed by atoms with Gasteiger partial charge >= 0.3 is 11.9 Å². The highest BCUT2D eigenvalue weighted by Gasteiger charge is 2.33. The first kappa shape index (κ1) is 18.7. The number of rotatable bonds is 3. The Bertz CT molecular complexity index is 1050. The summed E-state index contributed by atoms with van der Waals surface area (Å²) in [7, 11) is 1.34. The molecule has 1 aliphatic rings. The number of methoxy groups -OCH3 is 1. The van der Waals surface area contributed by atoms with Crippen LogP contribution in [0.15, 0.2) is 60.7 Å². The van der Waals surface area contributed by atoms with Crippen molar-refractivity contribution in [2.24, 2.45) is 0 Å². The summed E-state index contributed by atoms with van der Waals surface area (Å²) in [6.45, 7) is 3.62. The van der Waals surface area contributed by atoms with Crippen molar-refractivity contribution in [3.63, 3.8) is 0 Å². The largest absolute Gasteiger partial charge is 0.465 e. The van der Waals surface area contributed by atoms with Crippen molar-refractivity contribution in [2.75, 3.05) is 12.4 Å². The third-order valence-electron chi connectivity index (χ3n) is 5.13. The van der Waals surface area contributed by atoms with Gasteiger partial charge < -0.3 is 14.8 Å². The number of nitrogens with one attached hydrogen (secondary N) is 1. The second-order valence-corrected chi connectivity index (χ2v) is 7.08. The van der Waals surface area contributed by atoms with E-state index < -0.39 is 11.9 Å². The Morgan fingerprint density at radius 2 is 1.38 bits per heavy atom. The number of ether oxygens (including phenoxy) is 2. The molecule has 0 radical (unpaired) electrons. The zero-order chi connectivity index (χ0) is 20.5. The van der Waals surface area contributed by atoms with Crippen molar-refractivity contribution in [1.29, 1.82) is 0 Å². The van der Waals surface area contributed by atoms with Gasteiger partial charge in [0.2, 0.25) is 0 Å². The van der Waals surface area contributed by atoms with Gasteiger partial charge in [-0.25, -0.2) is 4.79 Å². The molecule has 0 spiro atoms. The fraction of sp³-hybridized carbons (Fsp3) is 0.167. The number of hydrogen-bond acceptors (Lipinski definition) is 5. The van der Waals surface area contributed by atoms with Crippen LogP contribution in [0.5, 0.6) is 5.75 Å². The summed E-state index contributed by atoms with van der Waals surface area (Å²) in [5.41, 5.74) is 5.36. The number of carbonyl (C=O) groups is 2. The number of carbonyl (C=O) groups excluding carboxylic acids is 2. The molecular weight excluding hydrogens is 366 g/mol. The fourth-order valence-electron chi connectivity index (χ4n) is 3.80. The Morgan fingerprint density at radius 3 is 1.90 bits per heavy atom. The molecule has 4 rings (SSSR count). The van der Waals surface area contributed by atoms with Crippen LogP contribution in [0.4, 0.5) is 11.4 Å². The van der Waals surface area contributed by atoms with E-state index in [0.29, 0.717) is 22.4 Å². The van der Waals surface area contributed by atoms with E-state index in [0.717, 1.165) is 22.5 Å². The van der Waals surface area contributed by atoms with Crippen molar-refractivity contribution in [2.45, 2.75) is 19.8 Å². The average molecular weight is 387 g/mol. The van der Waals surface area contributed by atoms with Crippen LogP contribution in [0.3, 0.4) is 0 Å². The first-order chi connectivity index (χ1) is 14.0. The lowest BCUT2D eigenvalue weighted by Gasteiger charge is -2.28. The highest BCUT2D eigenvalue weighted by molar-refractivity contribution is 5.93. The number of aryl methyl sites for hydroxylation is 2. The first-order valence-corrected chi connectivity index (χ1v) is 9.35. The van der Waals surface area contributed by atoms with Gasteiger partial charge in [0, 0.05) is 11.4 Å². The Kier molecular flexibility index (Phi) is 4.80. The molecule has 1 aliphatic heterocycles. The summed E-state index contributed by atoms with van der Waals surface area (Å²) < 4.78 is 10.7. The molecule has 0 unspecified atom stereocenters. The SMILES string of the molecule is COC(=O)c1cc(C)c(OC(=O)C2c3ccccc3Nc3ccccc32)c(C)c1. The molecular formula is C24H21NO4. The predicted molar refractivity (Wildman–Crippen MR) is 111 cm³/mol. The lowest BCUT2D eigenvalue weighted by molar-refractivity contribution is -0.135. The molecule has 0 aliphatic carbocycles. The first-order valence-electron chi connectivity index (χ1n) is 9.35. The minimum Gasteiger partial charge on any atom is -0.465 e. The maximum atomic E-state index is 13.3. The van der Waals surface area contributed by atoms with E-state index in [1.807, 2.05) is 62.4 Å². The normalized spacial score (nSPS) is 12.4. The van der Waals surface area contributed by atoms with E-state index in [1.54, 1.807) is 12.1 Å². The van der Waals surface area contributed by atoms with E-state index in [9.17, 15) is 9.59 Å². The Morgan fingerprint density at radius 1 is 0.862 bits per heavy atom. The molecule has 1 heterocycles. The molecule has 1 N–H and O–H groups in total. The maximum absolute atomic E-state index is 13.3. The molecule has 0 saturated carbocycles. The molecule has 146 valence electrons. The average Bonchev–Trinajstić information content (AvgIpc) is 2.73.